The molecule has 7 heteroatoms. The predicted molar refractivity (Wildman–Crippen MR) is 117 cm³/mol. The van der Waals surface area contributed by atoms with Gasteiger partial charge in [0.05, 0.1) is 6.61 Å². The average molecular weight is 420 g/mol. The zero-order valence-electron chi connectivity index (χ0n) is 18.8. The van der Waals surface area contributed by atoms with Crippen LogP contribution in [-0.2, 0) is 16.0 Å². The molecule has 1 saturated carbocycles. The first-order valence-corrected chi connectivity index (χ1v) is 12.4. The van der Waals surface area contributed by atoms with Crippen molar-refractivity contribution in [1.29, 1.82) is 0 Å². The molecule has 1 aromatic heterocycles. The van der Waals surface area contributed by atoms with Crippen LogP contribution >= 0.6 is 0 Å². The van der Waals surface area contributed by atoms with Gasteiger partial charge in [-0.3, -0.25) is 4.79 Å². The van der Waals surface area contributed by atoms with E-state index in [4.69, 9.17) is 4.74 Å². The van der Waals surface area contributed by atoms with Gasteiger partial charge in [0.15, 0.2) is 0 Å². The maximum Gasteiger partial charge on any atom is 0.323 e. The zero-order valence-corrected chi connectivity index (χ0v) is 18.8. The van der Waals surface area contributed by atoms with Crippen LogP contribution in [0.25, 0.3) is 0 Å². The molecule has 0 bridgehead atoms. The SMILES string of the molecule is CCCCCCCCCCOC(=O)[C@@H]1C[C@H]2C[C@@H](CCc3nnn[nH]3)CC[C@H]2CN1. The Morgan fingerprint density at radius 3 is 2.60 bits per heavy atom. The van der Waals surface area contributed by atoms with Gasteiger partial charge in [0.25, 0.3) is 0 Å². The first-order valence-electron chi connectivity index (χ1n) is 12.4. The summed E-state index contributed by atoms with van der Waals surface area (Å²) in [6, 6.07) is -0.113. The first-order chi connectivity index (χ1) is 14.8. The molecule has 1 aliphatic heterocycles. The number of ether oxygens (including phenoxy) is 1. The van der Waals surface area contributed by atoms with E-state index in [0.717, 1.165) is 38.1 Å². The summed E-state index contributed by atoms with van der Waals surface area (Å²) >= 11 is 0. The van der Waals surface area contributed by atoms with Gasteiger partial charge in [-0.05, 0) is 66.8 Å². The topological polar surface area (TPSA) is 92.8 Å². The highest BCUT2D eigenvalue weighted by Crippen LogP contribution is 2.40. The number of carbonyl (C=O) groups is 1. The molecule has 0 unspecified atom stereocenters. The monoisotopic (exact) mass is 419 g/mol. The highest BCUT2D eigenvalue weighted by molar-refractivity contribution is 5.75. The molecular weight excluding hydrogens is 378 g/mol. The lowest BCUT2D eigenvalue weighted by Crippen LogP contribution is -2.50. The number of hydrogen-bond donors (Lipinski definition) is 2. The number of fused-ring (bicyclic) bond motifs is 1. The third-order valence-electron chi connectivity index (χ3n) is 7.12. The number of tetrazole rings is 1. The van der Waals surface area contributed by atoms with Crippen molar-refractivity contribution in [2.75, 3.05) is 13.2 Å². The molecule has 7 nitrogen and oxygen atoms in total. The van der Waals surface area contributed by atoms with Gasteiger partial charge in [0.2, 0.25) is 0 Å². The molecule has 2 heterocycles. The summed E-state index contributed by atoms with van der Waals surface area (Å²) < 4.78 is 5.60. The van der Waals surface area contributed by atoms with Crippen molar-refractivity contribution in [1.82, 2.24) is 25.9 Å². The van der Waals surface area contributed by atoms with Crippen LogP contribution in [0.3, 0.4) is 0 Å². The van der Waals surface area contributed by atoms with E-state index in [0.29, 0.717) is 24.4 Å². The molecular formula is C23H41N5O2. The van der Waals surface area contributed by atoms with E-state index >= 15 is 0 Å². The molecule has 2 N–H and O–H groups in total. The van der Waals surface area contributed by atoms with Crippen LogP contribution in [0.5, 0.6) is 0 Å². The number of aryl methyl sites for hydroxylation is 1. The summed E-state index contributed by atoms with van der Waals surface area (Å²) in [5.74, 6) is 2.91. The van der Waals surface area contributed by atoms with E-state index in [1.165, 1.54) is 64.2 Å². The van der Waals surface area contributed by atoms with Crippen molar-refractivity contribution in [3.05, 3.63) is 5.82 Å². The standard InChI is InChI=1S/C23H41N5O2/c1-2-3-4-5-6-7-8-9-14-30-23(29)21-16-20-15-18(10-12-19(20)17-24-21)11-13-22-25-27-28-26-22/h18-21,24H,2-17H2,1H3,(H,25,26,27,28)/t18-,19+,20-,21+/m1/s1. The molecule has 170 valence electrons. The summed E-state index contributed by atoms with van der Waals surface area (Å²) in [6.07, 6.45) is 16.8. The third kappa shape index (κ3) is 7.64. The minimum absolute atomic E-state index is 0.0359. The molecule has 1 saturated heterocycles. The summed E-state index contributed by atoms with van der Waals surface area (Å²) in [5.41, 5.74) is 0. The van der Waals surface area contributed by atoms with Crippen molar-refractivity contribution in [2.45, 2.75) is 103 Å². The fourth-order valence-electron chi connectivity index (χ4n) is 5.24. The summed E-state index contributed by atoms with van der Waals surface area (Å²) in [5, 5.41) is 17.6. The van der Waals surface area contributed by atoms with Crippen LogP contribution < -0.4 is 5.32 Å². The van der Waals surface area contributed by atoms with Gasteiger partial charge in [-0.2, -0.15) is 0 Å². The molecule has 0 amide bonds. The molecule has 3 rings (SSSR count). The number of hydrogen-bond acceptors (Lipinski definition) is 6. The largest absolute Gasteiger partial charge is 0.465 e. The Balaban J connectivity index is 1.28. The average Bonchev–Trinajstić information content (AvgIpc) is 3.29. The Morgan fingerprint density at radius 2 is 1.83 bits per heavy atom. The Labute approximate surface area is 181 Å². The van der Waals surface area contributed by atoms with Crippen molar-refractivity contribution >= 4 is 5.97 Å². The summed E-state index contributed by atoms with van der Waals surface area (Å²) in [4.78, 5) is 12.5. The van der Waals surface area contributed by atoms with Crippen molar-refractivity contribution in [2.24, 2.45) is 17.8 Å². The van der Waals surface area contributed by atoms with E-state index in [1.807, 2.05) is 0 Å². The molecule has 1 aliphatic carbocycles. The van der Waals surface area contributed by atoms with Crippen LogP contribution in [0, 0.1) is 17.8 Å². The van der Waals surface area contributed by atoms with Crippen molar-refractivity contribution in [3.63, 3.8) is 0 Å². The highest BCUT2D eigenvalue weighted by atomic mass is 16.5. The number of esters is 1. The number of piperidine rings is 1. The third-order valence-corrected chi connectivity index (χ3v) is 7.12. The smallest absolute Gasteiger partial charge is 0.323 e. The predicted octanol–water partition coefficient (Wildman–Crippen LogP) is 4.21. The molecule has 4 atom stereocenters. The van der Waals surface area contributed by atoms with E-state index in [1.54, 1.807) is 0 Å². The van der Waals surface area contributed by atoms with Crippen molar-refractivity contribution < 1.29 is 9.53 Å². The lowest BCUT2D eigenvalue weighted by molar-refractivity contribution is -0.148. The van der Waals surface area contributed by atoms with Gasteiger partial charge in [0, 0.05) is 6.42 Å². The Bertz CT molecular complexity index is 594. The molecule has 30 heavy (non-hydrogen) atoms. The number of nitrogens with zero attached hydrogens (tertiary/aromatic N) is 3. The van der Waals surface area contributed by atoms with E-state index in [2.05, 4.69) is 32.9 Å². The Morgan fingerprint density at radius 1 is 1.03 bits per heavy atom. The van der Waals surface area contributed by atoms with Gasteiger partial charge < -0.3 is 10.1 Å². The van der Waals surface area contributed by atoms with Crippen LogP contribution in [0.2, 0.25) is 0 Å². The van der Waals surface area contributed by atoms with E-state index < -0.39 is 0 Å². The normalized spacial score (nSPS) is 26.3. The molecule has 0 radical (unpaired) electrons. The number of aromatic amines is 1. The number of aromatic nitrogens is 4. The lowest BCUT2D eigenvalue weighted by atomic mass is 9.69. The maximum absolute atomic E-state index is 12.5. The van der Waals surface area contributed by atoms with E-state index in [9.17, 15) is 4.79 Å². The second-order valence-electron chi connectivity index (χ2n) is 9.42. The van der Waals surface area contributed by atoms with Crippen LogP contribution in [0.1, 0.15) is 96.2 Å². The molecule has 1 aromatic rings. The summed E-state index contributed by atoms with van der Waals surface area (Å²) in [7, 11) is 0. The first kappa shape index (κ1) is 23.2. The Hall–Kier alpha value is -1.50. The molecule has 0 aromatic carbocycles. The van der Waals surface area contributed by atoms with Crippen LogP contribution in [-0.4, -0.2) is 45.8 Å². The quantitative estimate of drug-likeness (QED) is 0.367. The van der Waals surface area contributed by atoms with Gasteiger partial charge in [-0.25, -0.2) is 5.10 Å². The number of H-pyrrole nitrogens is 1. The fraction of sp³-hybridized carbons (Fsp3) is 0.913. The van der Waals surface area contributed by atoms with E-state index in [-0.39, 0.29) is 12.0 Å². The fourth-order valence-corrected chi connectivity index (χ4v) is 5.24. The van der Waals surface area contributed by atoms with Gasteiger partial charge in [-0.1, -0.05) is 58.3 Å². The van der Waals surface area contributed by atoms with Gasteiger partial charge in [0.1, 0.15) is 11.9 Å². The number of nitrogens with one attached hydrogen (secondary N) is 2. The van der Waals surface area contributed by atoms with Crippen LogP contribution in [0.15, 0.2) is 0 Å². The molecule has 2 aliphatic rings. The second-order valence-corrected chi connectivity index (χ2v) is 9.42. The number of unbranched alkanes of at least 4 members (excludes halogenated alkanes) is 7. The summed E-state index contributed by atoms with van der Waals surface area (Å²) in [6.45, 7) is 3.79. The zero-order chi connectivity index (χ0) is 21.0. The van der Waals surface area contributed by atoms with Crippen LogP contribution in [0.4, 0.5) is 0 Å². The second kappa shape index (κ2) is 13.0. The minimum Gasteiger partial charge on any atom is -0.465 e. The number of carbonyl (C=O) groups excluding carboxylic acids is 1. The number of rotatable bonds is 13. The minimum atomic E-state index is -0.113. The maximum atomic E-state index is 12.5. The van der Waals surface area contributed by atoms with Gasteiger partial charge >= 0.3 is 5.97 Å². The molecule has 2 fully saturated rings. The van der Waals surface area contributed by atoms with Gasteiger partial charge in [-0.15, -0.1) is 5.10 Å². The van der Waals surface area contributed by atoms with Crippen molar-refractivity contribution in [3.8, 4) is 0 Å². The highest BCUT2D eigenvalue weighted by Gasteiger charge is 2.38. The lowest BCUT2D eigenvalue weighted by Gasteiger charge is -2.42. The molecule has 0 spiro atoms. The Kier molecular flexibility index (Phi) is 10.1.